The van der Waals surface area contributed by atoms with Crippen LogP contribution < -0.4 is 0 Å². The zero-order valence-corrected chi connectivity index (χ0v) is 8.27. The summed E-state index contributed by atoms with van der Waals surface area (Å²) in [6.45, 7) is 0. The topological polar surface area (TPSA) is 123 Å². The van der Waals surface area contributed by atoms with E-state index in [4.69, 9.17) is 0 Å². The Morgan fingerprint density at radius 3 is 0.571 bits per heavy atom. The Morgan fingerprint density at radius 1 is 0.571 bits per heavy atom. The van der Waals surface area contributed by atoms with Gasteiger partial charge in [-0.3, -0.25) is 0 Å². The molecule has 0 aliphatic carbocycles. The third-order valence-electron chi connectivity index (χ3n) is 0. The van der Waals surface area contributed by atoms with Crippen LogP contribution in [-0.2, 0) is 0 Å². The first-order chi connectivity index (χ1) is 0. The number of hydrogen-bond acceptors (Lipinski definition) is 2. The summed E-state index contributed by atoms with van der Waals surface area (Å²) in [5.41, 5.74) is 0. The van der Waals surface area contributed by atoms with Gasteiger partial charge in [0.2, 0.25) is 0 Å². The van der Waals surface area contributed by atoms with Gasteiger partial charge in [-0.2, -0.15) is 0 Å². The standard InChI is InChI=1S/2Al.Ca.4H2O/h;;;4*1H2/q;;+2;;;;/p-2. The number of hydrogen-bond donors (Lipinski definition) is 0. The Labute approximate surface area is 93.2 Å². The quantitative estimate of drug-likeness (QED) is 0.351. The van der Waals surface area contributed by atoms with Crippen molar-refractivity contribution in [3.63, 3.8) is 0 Å². The summed E-state index contributed by atoms with van der Waals surface area (Å²) in [5.74, 6) is 0. The summed E-state index contributed by atoms with van der Waals surface area (Å²) in [6.07, 6.45) is 0. The normalized spacial score (nSPS) is 0. The van der Waals surface area contributed by atoms with Crippen LogP contribution in [0, 0.1) is 0 Å². The smallest absolute Gasteiger partial charge is 0.870 e. The SMILES string of the molecule is O.O.[Al].[Al].[Ca+2].[OH-].[OH-]. The monoisotopic (exact) mass is 164 g/mol. The van der Waals surface area contributed by atoms with Gasteiger partial charge in [0.25, 0.3) is 0 Å². The molecular formula is H6Al2CaO4. The Balaban J connectivity index is 0. The third-order valence-corrected chi connectivity index (χ3v) is 0. The fourth-order valence-corrected chi connectivity index (χ4v) is 0. The largest absolute Gasteiger partial charge is 2.00 e. The van der Waals surface area contributed by atoms with Crippen molar-refractivity contribution in [2.75, 3.05) is 0 Å². The van der Waals surface area contributed by atoms with E-state index >= 15 is 0 Å². The van der Waals surface area contributed by atoms with Crippen LogP contribution in [0.4, 0.5) is 0 Å². The molecule has 0 heterocycles. The van der Waals surface area contributed by atoms with Crippen LogP contribution in [-0.4, -0.2) is 94.4 Å². The van der Waals surface area contributed by atoms with Gasteiger partial charge in [-0.1, -0.05) is 0 Å². The van der Waals surface area contributed by atoms with Gasteiger partial charge < -0.3 is 21.9 Å². The van der Waals surface area contributed by atoms with E-state index in [1.54, 1.807) is 0 Å². The van der Waals surface area contributed by atoms with Crippen LogP contribution in [0.5, 0.6) is 0 Å². The van der Waals surface area contributed by atoms with Crippen LogP contribution in [0.2, 0.25) is 0 Å². The molecule has 0 bridgehead atoms. The molecule has 38 valence electrons. The average Bonchev–Trinajstić information content (AvgIpc) is 0. The summed E-state index contributed by atoms with van der Waals surface area (Å²) in [4.78, 5) is 0. The van der Waals surface area contributed by atoms with Crippen molar-refractivity contribution >= 4 is 72.5 Å². The predicted molar refractivity (Wildman–Crippen MR) is 28.4 cm³/mol. The van der Waals surface area contributed by atoms with Crippen molar-refractivity contribution in [1.82, 2.24) is 0 Å². The zero-order valence-electron chi connectivity index (χ0n) is 3.76. The van der Waals surface area contributed by atoms with E-state index in [1.807, 2.05) is 0 Å². The van der Waals surface area contributed by atoms with Crippen LogP contribution >= 0.6 is 0 Å². The molecule has 0 aromatic heterocycles. The van der Waals surface area contributed by atoms with Gasteiger partial charge in [-0.15, -0.1) is 0 Å². The molecule has 0 amide bonds. The fourth-order valence-electron chi connectivity index (χ4n) is 0. The molecule has 6 N–H and O–H groups in total. The minimum atomic E-state index is 0. The van der Waals surface area contributed by atoms with Gasteiger partial charge >= 0.3 is 37.7 Å². The third kappa shape index (κ3) is 66.2. The number of rotatable bonds is 0. The Hall–Kier alpha value is 2.16. The van der Waals surface area contributed by atoms with Gasteiger partial charge in [0.15, 0.2) is 0 Å². The van der Waals surface area contributed by atoms with Crippen molar-refractivity contribution in [1.29, 1.82) is 0 Å². The Bertz CT molecular complexity index is 9.65. The van der Waals surface area contributed by atoms with Crippen LogP contribution in [0.15, 0.2) is 0 Å². The molecule has 0 aromatic rings. The molecule has 0 saturated heterocycles. The van der Waals surface area contributed by atoms with Crippen molar-refractivity contribution in [2.45, 2.75) is 0 Å². The molecule has 0 aliphatic heterocycles. The van der Waals surface area contributed by atoms with Crippen LogP contribution in [0.25, 0.3) is 0 Å². The maximum Gasteiger partial charge on any atom is 2.00 e. The maximum absolute atomic E-state index is 0. The van der Waals surface area contributed by atoms with Crippen molar-refractivity contribution < 1.29 is 21.9 Å². The second kappa shape index (κ2) is 89.4. The fraction of sp³-hybridized carbons (Fsp3) is 0. The maximum atomic E-state index is 0. The van der Waals surface area contributed by atoms with E-state index in [0.29, 0.717) is 0 Å². The molecule has 0 saturated carbocycles. The molecule has 4 nitrogen and oxygen atoms in total. The van der Waals surface area contributed by atoms with E-state index in [-0.39, 0.29) is 94.4 Å². The molecule has 6 radical (unpaired) electrons. The summed E-state index contributed by atoms with van der Waals surface area (Å²) in [7, 11) is 0. The van der Waals surface area contributed by atoms with Crippen LogP contribution in [0.1, 0.15) is 0 Å². The van der Waals surface area contributed by atoms with Crippen molar-refractivity contribution in [2.24, 2.45) is 0 Å². The second-order valence-corrected chi connectivity index (χ2v) is 0. The molecule has 0 unspecified atom stereocenters. The summed E-state index contributed by atoms with van der Waals surface area (Å²) < 4.78 is 0. The average molecular weight is 164 g/mol. The molecule has 0 aromatic carbocycles. The van der Waals surface area contributed by atoms with Gasteiger partial charge in [0, 0.05) is 34.7 Å². The molecule has 0 aliphatic rings. The molecular weight excluding hydrogens is 158 g/mol. The Morgan fingerprint density at radius 2 is 0.571 bits per heavy atom. The van der Waals surface area contributed by atoms with Gasteiger partial charge in [-0.05, 0) is 0 Å². The molecule has 7 heteroatoms. The van der Waals surface area contributed by atoms with E-state index in [1.165, 1.54) is 0 Å². The zero-order chi connectivity index (χ0) is 0. The Kier molecular flexibility index (Phi) is 1670. The first kappa shape index (κ1) is 130. The molecule has 7 heavy (non-hydrogen) atoms. The summed E-state index contributed by atoms with van der Waals surface area (Å²) in [6, 6.07) is 0. The first-order valence-electron chi connectivity index (χ1n) is 0. The minimum Gasteiger partial charge on any atom is -0.870 e. The second-order valence-electron chi connectivity index (χ2n) is 0. The molecule has 0 atom stereocenters. The van der Waals surface area contributed by atoms with E-state index in [0.717, 1.165) is 0 Å². The predicted octanol–water partition coefficient (Wildman–Crippen LogP) is -3.15. The van der Waals surface area contributed by atoms with Gasteiger partial charge in [0.05, 0.1) is 0 Å². The first-order valence-corrected chi connectivity index (χ1v) is 0. The van der Waals surface area contributed by atoms with Crippen molar-refractivity contribution in [3.8, 4) is 0 Å². The summed E-state index contributed by atoms with van der Waals surface area (Å²) >= 11 is 0. The molecule has 0 rings (SSSR count). The summed E-state index contributed by atoms with van der Waals surface area (Å²) in [5, 5.41) is 0. The van der Waals surface area contributed by atoms with Gasteiger partial charge in [0.1, 0.15) is 0 Å². The van der Waals surface area contributed by atoms with Crippen LogP contribution in [0.3, 0.4) is 0 Å². The van der Waals surface area contributed by atoms with E-state index in [9.17, 15) is 0 Å². The minimum absolute atomic E-state index is 0. The van der Waals surface area contributed by atoms with Crippen molar-refractivity contribution in [3.05, 3.63) is 0 Å². The van der Waals surface area contributed by atoms with E-state index in [2.05, 4.69) is 0 Å². The molecule has 0 fully saturated rings. The van der Waals surface area contributed by atoms with Gasteiger partial charge in [-0.25, -0.2) is 0 Å². The van der Waals surface area contributed by atoms with E-state index < -0.39 is 0 Å². The molecule has 0 spiro atoms.